The summed E-state index contributed by atoms with van der Waals surface area (Å²) in [6.45, 7) is 3.47. The number of amides is 3. The van der Waals surface area contributed by atoms with Gasteiger partial charge in [-0.25, -0.2) is 14.5 Å². The lowest BCUT2D eigenvalue weighted by Gasteiger charge is -2.31. The van der Waals surface area contributed by atoms with Gasteiger partial charge in [-0.05, 0) is 55.7 Å². The average molecular weight is 477 g/mol. The van der Waals surface area contributed by atoms with E-state index in [0.717, 1.165) is 11.3 Å². The Bertz CT molecular complexity index is 1150. The Labute approximate surface area is 203 Å². The van der Waals surface area contributed by atoms with Gasteiger partial charge in [-0.15, -0.1) is 0 Å². The summed E-state index contributed by atoms with van der Waals surface area (Å²) in [5, 5.41) is 9.98. The number of nitrogens with one attached hydrogen (secondary N) is 2. The van der Waals surface area contributed by atoms with Crippen LogP contribution in [0.25, 0.3) is 5.69 Å². The van der Waals surface area contributed by atoms with Crippen LogP contribution in [0.3, 0.4) is 0 Å². The standard InChI is InChI=1S/C25H28N6O4/c1-2-35-25(34)30-15-11-19(12-16-30)28-24(33)22-6-3-5-21(29-22)23(32)26-17-18-7-9-20(10-8-18)31-14-4-13-27-31/h3-10,13-14,19H,2,11-12,15-17H2,1H3,(H,26,32)(H,28,33). The van der Waals surface area contributed by atoms with E-state index in [2.05, 4.69) is 20.7 Å². The van der Waals surface area contributed by atoms with E-state index in [4.69, 9.17) is 4.74 Å². The van der Waals surface area contributed by atoms with E-state index in [1.165, 1.54) is 0 Å². The number of nitrogens with zero attached hydrogens (tertiary/aromatic N) is 4. The van der Waals surface area contributed by atoms with Gasteiger partial charge in [-0.3, -0.25) is 9.59 Å². The first-order valence-electron chi connectivity index (χ1n) is 11.6. The molecule has 0 saturated carbocycles. The van der Waals surface area contributed by atoms with Crippen LogP contribution in [0.5, 0.6) is 0 Å². The molecule has 10 nitrogen and oxygen atoms in total. The van der Waals surface area contributed by atoms with E-state index in [1.54, 1.807) is 40.9 Å². The van der Waals surface area contributed by atoms with Gasteiger partial charge in [0.05, 0.1) is 12.3 Å². The molecule has 4 rings (SSSR count). The summed E-state index contributed by atoms with van der Waals surface area (Å²) in [5.41, 5.74) is 2.20. The van der Waals surface area contributed by atoms with Crippen LogP contribution in [0.15, 0.2) is 60.9 Å². The molecule has 0 radical (unpaired) electrons. The van der Waals surface area contributed by atoms with Gasteiger partial charge >= 0.3 is 6.09 Å². The van der Waals surface area contributed by atoms with Gasteiger partial charge in [-0.2, -0.15) is 5.10 Å². The van der Waals surface area contributed by atoms with Gasteiger partial charge in [0.1, 0.15) is 11.4 Å². The number of rotatable bonds is 7. The highest BCUT2D eigenvalue weighted by molar-refractivity contribution is 5.96. The van der Waals surface area contributed by atoms with E-state index >= 15 is 0 Å². The summed E-state index contributed by atoms with van der Waals surface area (Å²) in [5.74, 6) is -0.706. The van der Waals surface area contributed by atoms with Gasteiger partial charge in [0.2, 0.25) is 0 Å². The smallest absolute Gasteiger partial charge is 0.409 e. The molecule has 0 unspecified atom stereocenters. The topological polar surface area (TPSA) is 118 Å². The summed E-state index contributed by atoms with van der Waals surface area (Å²) in [6.07, 6.45) is 4.50. The lowest BCUT2D eigenvalue weighted by atomic mass is 10.1. The molecule has 0 atom stereocenters. The van der Waals surface area contributed by atoms with Gasteiger partial charge in [-0.1, -0.05) is 18.2 Å². The van der Waals surface area contributed by atoms with Gasteiger partial charge < -0.3 is 20.3 Å². The van der Waals surface area contributed by atoms with Crippen LogP contribution in [-0.2, 0) is 11.3 Å². The number of likely N-dealkylation sites (tertiary alicyclic amines) is 1. The molecule has 1 aliphatic heterocycles. The number of benzene rings is 1. The minimum Gasteiger partial charge on any atom is -0.450 e. The molecule has 35 heavy (non-hydrogen) atoms. The summed E-state index contributed by atoms with van der Waals surface area (Å²) in [4.78, 5) is 43.0. The van der Waals surface area contributed by atoms with E-state index in [0.29, 0.717) is 39.1 Å². The Morgan fingerprint density at radius 1 is 1.00 bits per heavy atom. The number of aromatic nitrogens is 3. The van der Waals surface area contributed by atoms with Gasteiger partial charge in [0, 0.05) is 38.1 Å². The Morgan fingerprint density at radius 3 is 2.37 bits per heavy atom. The third-order valence-electron chi connectivity index (χ3n) is 5.73. The third kappa shape index (κ3) is 6.23. The molecule has 0 spiro atoms. The second kappa shape index (κ2) is 11.3. The number of carbonyl (C=O) groups is 3. The zero-order valence-corrected chi connectivity index (χ0v) is 19.5. The number of pyridine rings is 1. The van der Waals surface area contributed by atoms with Crippen molar-refractivity contribution < 1.29 is 19.1 Å². The number of hydrogen-bond acceptors (Lipinski definition) is 6. The Morgan fingerprint density at radius 2 is 1.71 bits per heavy atom. The molecule has 1 aromatic carbocycles. The highest BCUT2D eigenvalue weighted by Gasteiger charge is 2.25. The quantitative estimate of drug-likeness (QED) is 0.541. The normalized spacial score (nSPS) is 13.8. The fourth-order valence-electron chi connectivity index (χ4n) is 3.83. The molecule has 3 heterocycles. The molecule has 1 aliphatic rings. The maximum absolute atomic E-state index is 12.7. The van der Waals surface area contributed by atoms with Crippen molar-refractivity contribution in [3.8, 4) is 5.69 Å². The highest BCUT2D eigenvalue weighted by Crippen LogP contribution is 2.13. The van der Waals surface area contributed by atoms with E-state index in [9.17, 15) is 14.4 Å². The Hall–Kier alpha value is -4.21. The minimum atomic E-state index is -0.362. The average Bonchev–Trinajstić information content (AvgIpc) is 3.43. The molecular formula is C25H28N6O4. The molecule has 3 amide bonds. The first-order valence-corrected chi connectivity index (χ1v) is 11.6. The number of piperidine rings is 1. The summed E-state index contributed by atoms with van der Waals surface area (Å²) >= 11 is 0. The van der Waals surface area contributed by atoms with Crippen LogP contribution < -0.4 is 10.6 Å². The van der Waals surface area contributed by atoms with Gasteiger partial charge in [0.15, 0.2) is 0 Å². The Kier molecular flexibility index (Phi) is 7.71. The predicted octanol–water partition coefficient (Wildman–Crippen LogP) is 2.55. The summed E-state index contributed by atoms with van der Waals surface area (Å²) in [6, 6.07) is 14.3. The first-order chi connectivity index (χ1) is 17.0. The number of carbonyl (C=O) groups excluding carboxylic acids is 3. The number of hydrogen-bond donors (Lipinski definition) is 2. The SMILES string of the molecule is CCOC(=O)N1CCC(NC(=O)c2cccc(C(=O)NCc3ccc(-n4cccn4)cc3)n2)CC1. The molecule has 2 aromatic heterocycles. The molecule has 3 aromatic rings. The van der Waals surface area contributed by atoms with Crippen LogP contribution in [0, 0.1) is 0 Å². The van der Waals surface area contributed by atoms with Crippen molar-refractivity contribution in [3.63, 3.8) is 0 Å². The van der Waals surface area contributed by atoms with Crippen LogP contribution in [-0.4, -0.2) is 63.3 Å². The van der Waals surface area contributed by atoms with Crippen molar-refractivity contribution in [2.75, 3.05) is 19.7 Å². The van der Waals surface area contributed by atoms with Crippen molar-refractivity contribution in [1.82, 2.24) is 30.3 Å². The maximum Gasteiger partial charge on any atom is 0.409 e. The van der Waals surface area contributed by atoms with Crippen LogP contribution in [0.2, 0.25) is 0 Å². The van der Waals surface area contributed by atoms with E-state index < -0.39 is 0 Å². The molecule has 0 bridgehead atoms. The van der Waals surface area contributed by atoms with Crippen molar-refractivity contribution in [3.05, 3.63) is 77.9 Å². The molecule has 1 saturated heterocycles. The molecule has 1 fully saturated rings. The van der Waals surface area contributed by atoms with Crippen molar-refractivity contribution in [2.45, 2.75) is 32.4 Å². The van der Waals surface area contributed by atoms with Crippen molar-refractivity contribution in [2.24, 2.45) is 0 Å². The fourth-order valence-corrected chi connectivity index (χ4v) is 3.83. The maximum atomic E-state index is 12.7. The van der Waals surface area contributed by atoms with Crippen LogP contribution in [0.1, 0.15) is 46.3 Å². The second-order valence-electron chi connectivity index (χ2n) is 8.14. The van der Waals surface area contributed by atoms with Crippen LogP contribution >= 0.6 is 0 Å². The zero-order valence-electron chi connectivity index (χ0n) is 19.5. The zero-order chi connectivity index (χ0) is 24.6. The van der Waals surface area contributed by atoms with Crippen LogP contribution in [0.4, 0.5) is 4.79 Å². The van der Waals surface area contributed by atoms with E-state index in [1.807, 2.05) is 36.5 Å². The van der Waals surface area contributed by atoms with Crippen molar-refractivity contribution >= 4 is 17.9 Å². The monoisotopic (exact) mass is 476 g/mol. The van der Waals surface area contributed by atoms with Gasteiger partial charge in [0.25, 0.3) is 11.8 Å². The molecule has 0 aliphatic carbocycles. The molecule has 182 valence electrons. The molecule has 10 heteroatoms. The first kappa shape index (κ1) is 23.9. The van der Waals surface area contributed by atoms with E-state index in [-0.39, 0.29) is 35.3 Å². The number of ether oxygens (including phenoxy) is 1. The fraction of sp³-hybridized carbons (Fsp3) is 0.320. The largest absolute Gasteiger partial charge is 0.450 e. The molecule has 2 N–H and O–H groups in total. The third-order valence-corrected chi connectivity index (χ3v) is 5.73. The predicted molar refractivity (Wildman–Crippen MR) is 128 cm³/mol. The summed E-state index contributed by atoms with van der Waals surface area (Å²) in [7, 11) is 0. The Balaban J connectivity index is 1.28. The lowest BCUT2D eigenvalue weighted by molar-refractivity contribution is 0.0856. The van der Waals surface area contributed by atoms with Crippen molar-refractivity contribution in [1.29, 1.82) is 0 Å². The summed E-state index contributed by atoms with van der Waals surface area (Å²) < 4.78 is 6.78. The highest BCUT2D eigenvalue weighted by atomic mass is 16.6. The lowest BCUT2D eigenvalue weighted by Crippen LogP contribution is -2.46. The minimum absolute atomic E-state index is 0.0721. The molecular weight excluding hydrogens is 448 g/mol. The second-order valence-corrected chi connectivity index (χ2v) is 8.14.